The van der Waals surface area contributed by atoms with Gasteiger partial charge in [-0.05, 0) is 30.7 Å². The first-order chi connectivity index (χ1) is 10.6. The van der Waals surface area contributed by atoms with Crippen LogP contribution in [-0.2, 0) is 6.54 Å². The number of nitrogens with two attached hydrogens (primary N) is 1. The maximum absolute atomic E-state index is 9.41. The predicted molar refractivity (Wildman–Crippen MR) is 83.5 cm³/mol. The molecule has 110 valence electrons. The fraction of sp³-hybridized carbons (Fsp3) is 0.188. The normalized spacial score (nSPS) is 10.8. The molecule has 0 amide bonds. The average molecular weight is 293 g/mol. The van der Waals surface area contributed by atoms with Crippen molar-refractivity contribution >= 4 is 17.5 Å². The molecule has 0 bridgehead atoms. The van der Waals surface area contributed by atoms with Crippen molar-refractivity contribution in [3.63, 3.8) is 0 Å². The summed E-state index contributed by atoms with van der Waals surface area (Å²) >= 11 is 0. The molecule has 0 aliphatic heterocycles. The maximum Gasteiger partial charge on any atom is 0.140 e. The van der Waals surface area contributed by atoms with Crippen molar-refractivity contribution in [1.29, 1.82) is 10.5 Å². The molecule has 2 aromatic rings. The Balaban J connectivity index is 2.55. The van der Waals surface area contributed by atoms with Gasteiger partial charge in [0.2, 0.25) is 0 Å². The molecule has 0 saturated heterocycles. The van der Waals surface area contributed by atoms with Gasteiger partial charge in [0.1, 0.15) is 35.0 Å². The summed E-state index contributed by atoms with van der Waals surface area (Å²) in [6.07, 6.45) is 1.66. The highest BCUT2D eigenvalue weighted by Gasteiger charge is 2.18. The van der Waals surface area contributed by atoms with E-state index in [0.29, 0.717) is 18.0 Å². The molecule has 22 heavy (non-hydrogen) atoms. The van der Waals surface area contributed by atoms with Gasteiger partial charge in [0.05, 0.1) is 12.7 Å². The van der Waals surface area contributed by atoms with Crippen LogP contribution in [0.2, 0.25) is 0 Å². The molecule has 0 atom stereocenters. The smallest absolute Gasteiger partial charge is 0.140 e. The summed E-state index contributed by atoms with van der Waals surface area (Å²) in [5, 5.41) is 22.9. The van der Waals surface area contributed by atoms with Gasteiger partial charge in [0.15, 0.2) is 0 Å². The number of rotatable bonds is 4. The third-order valence-electron chi connectivity index (χ3n) is 3.18. The van der Waals surface area contributed by atoms with Crippen LogP contribution < -0.4 is 10.5 Å². The lowest BCUT2D eigenvalue weighted by Crippen LogP contribution is -2.02. The number of aryl methyl sites for hydroxylation is 1. The van der Waals surface area contributed by atoms with Crippen LogP contribution in [0.4, 0.5) is 5.82 Å². The Bertz CT molecular complexity index is 805. The van der Waals surface area contributed by atoms with Gasteiger partial charge in [0.25, 0.3) is 0 Å². The summed E-state index contributed by atoms with van der Waals surface area (Å²) in [7, 11) is 1.57. The molecule has 1 aromatic carbocycles. The highest BCUT2D eigenvalue weighted by Crippen LogP contribution is 2.25. The van der Waals surface area contributed by atoms with Crippen LogP contribution in [0.25, 0.3) is 11.6 Å². The Labute approximate surface area is 128 Å². The topological polar surface area (TPSA) is 101 Å². The average Bonchev–Trinajstić information content (AvgIpc) is 2.88. The van der Waals surface area contributed by atoms with E-state index in [-0.39, 0.29) is 17.0 Å². The molecule has 0 aliphatic rings. The first-order valence-corrected chi connectivity index (χ1v) is 6.67. The molecule has 1 heterocycles. The number of aromatic nitrogens is 2. The number of nitrogen functional groups attached to an aromatic ring is 1. The first-order valence-electron chi connectivity index (χ1n) is 6.67. The monoisotopic (exact) mass is 293 g/mol. The molecule has 6 heteroatoms. The second kappa shape index (κ2) is 6.47. The summed E-state index contributed by atoms with van der Waals surface area (Å²) in [6.45, 7) is 2.39. The third-order valence-corrected chi connectivity index (χ3v) is 3.18. The minimum absolute atomic E-state index is 0.220. The highest BCUT2D eigenvalue weighted by atomic mass is 16.5. The lowest BCUT2D eigenvalue weighted by Gasteiger charge is -2.01. The van der Waals surface area contributed by atoms with Crippen molar-refractivity contribution in [2.24, 2.45) is 0 Å². The van der Waals surface area contributed by atoms with Crippen LogP contribution in [0.1, 0.15) is 23.7 Å². The van der Waals surface area contributed by atoms with E-state index in [9.17, 15) is 10.5 Å². The van der Waals surface area contributed by atoms with E-state index in [0.717, 1.165) is 5.56 Å². The molecule has 0 unspecified atom stereocenters. The van der Waals surface area contributed by atoms with E-state index in [4.69, 9.17) is 10.5 Å². The fourth-order valence-corrected chi connectivity index (χ4v) is 2.07. The van der Waals surface area contributed by atoms with Crippen molar-refractivity contribution in [2.45, 2.75) is 13.5 Å². The summed E-state index contributed by atoms with van der Waals surface area (Å²) in [6, 6.07) is 11.4. The van der Waals surface area contributed by atoms with Crippen molar-refractivity contribution in [3.8, 4) is 17.9 Å². The largest absolute Gasteiger partial charge is 0.497 e. The molecule has 0 spiro atoms. The van der Waals surface area contributed by atoms with Gasteiger partial charge >= 0.3 is 0 Å². The Morgan fingerprint density at radius 2 is 2.23 bits per heavy atom. The van der Waals surface area contributed by atoms with Gasteiger partial charge in [-0.3, -0.25) is 0 Å². The number of nitriles is 2. The second-order valence-corrected chi connectivity index (χ2v) is 4.48. The van der Waals surface area contributed by atoms with E-state index in [1.165, 1.54) is 4.68 Å². The highest BCUT2D eigenvalue weighted by molar-refractivity contribution is 5.91. The summed E-state index contributed by atoms with van der Waals surface area (Å²) in [4.78, 5) is 0. The molecule has 0 aliphatic carbocycles. The molecule has 1 aromatic heterocycles. The molecular weight excluding hydrogens is 278 g/mol. The fourth-order valence-electron chi connectivity index (χ4n) is 2.07. The minimum atomic E-state index is 0.220. The third kappa shape index (κ3) is 2.77. The minimum Gasteiger partial charge on any atom is -0.497 e. The Morgan fingerprint density at radius 3 is 2.82 bits per heavy atom. The van der Waals surface area contributed by atoms with Crippen LogP contribution in [0.5, 0.6) is 5.75 Å². The number of benzene rings is 1. The second-order valence-electron chi connectivity index (χ2n) is 4.48. The van der Waals surface area contributed by atoms with Gasteiger partial charge in [0, 0.05) is 6.54 Å². The number of ether oxygens (including phenoxy) is 1. The molecule has 0 fully saturated rings. The Kier molecular flexibility index (Phi) is 4.45. The van der Waals surface area contributed by atoms with E-state index < -0.39 is 0 Å². The van der Waals surface area contributed by atoms with E-state index in [1.54, 1.807) is 19.3 Å². The summed E-state index contributed by atoms with van der Waals surface area (Å²) in [5.41, 5.74) is 7.46. The zero-order chi connectivity index (χ0) is 16.1. The summed E-state index contributed by atoms with van der Waals surface area (Å²) in [5.74, 6) is 0.956. The maximum atomic E-state index is 9.41. The molecule has 2 N–H and O–H groups in total. The molecule has 2 rings (SSSR count). The van der Waals surface area contributed by atoms with E-state index in [2.05, 4.69) is 11.2 Å². The summed E-state index contributed by atoms with van der Waals surface area (Å²) < 4.78 is 6.66. The molecule has 0 saturated carbocycles. The van der Waals surface area contributed by atoms with Gasteiger partial charge < -0.3 is 10.5 Å². The number of nitrogens with zero attached hydrogens (tertiary/aromatic N) is 4. The quantitative estimate of drug-likeness (QED) is 0.872. The van der Waals surface area contributed by atoms with Crippen LogP contribution in [0.3, 0.4) is 0 Å². The number of hydrogen-bond acceptors (Lipinski definition) is 5. The zero-order valence-electron chi connectivity index (χ0n) is 12.4. The number of anilines is 1. The number of methoxy groups -OCH3 is 1. The number of hydrogen-bond donors (Lipinski definition) is 1. The number of allylic oxidation sites excluding steroid dienone is 1. The van der Waals surface area contributed by atoms with Crippen molar-refractivity contribution in [2.75, 3.05) is 12.8 Å². The van der Waals surface area contributed by atoms with Gasteiger partial charge in [-0.2, -0.15) is 15.6 Å². The zero-order valence-corrected chi connectivity index (χ0v) is 12.4. The van der Waals surface area contributed by atoms with Gasteiger partial charge in [-0.25, -0.2) is 4.68 Å². The molecule has 6 nitrogen and oxygen atoms in total. The molecular formula is C16H15N5O. The lowest BCUT2D eigenvalue weighted by atomic mass is 10.1. The Morgan fingerprint density at radius 1 is 1.45 bits per heavy atom. The van der Waals surface area contributed by atoms with Crippen LogP contribution in [0, 0.1) is 22.7 Å². The Hall–Kier alpha value is -3.25. The van der Waals surface area contributed by atoms with E-state index in [1.807, 2.05) is 31.2 Å². The predicted octanol–water partition coefficient (Wildman–Crippen LogP) is 2.43. The molecule has 0 radical (unpaired) electrons. The lowest BCUT2D eigenvalue weighted by molar-refractivity contribution is 0.414. The standard InChI is InChI=1S/C16H15N5O/c1-3-21-16(19)14(10-18)15(20-21)12(9-17)7-11-5-4-6-13(8-11)22-2/h4-8H,3,19H2,1-2H3/b12-7+. The van der Waals surface area contributed by atoms with Crippen molar-refractivity contribution in [3.05, 3.63) is 41.1 Å². The van der Waals surface area contributed by atoms with Crippen LogP contribution in [0.15, 0.2) is 24.3 Å². The van der Waals surface area contributed by atoms with Gasteiger partial charge in [-0.1, -0.05) is 12.1 Å². The van der Waals surface area contributed by atoms with Crippen molar-refractivity contribution < 1.29 is 4.74 Å². The van der Waals surface area contributed by atoms with E-state index >= 15 is 0 Å². The SMILES string of the molecule is CCn1nc(/C(C#N)=C/c2cccc(OC)c2)c(C#N)c1N. The van der Waals surface area contributed by atoms with Crippen molar-refractivity contribution in [1.82, 2.24) is 9.78 Å². The van der Waals surface area contributed by atoms with Crippen LogP contribution >= 0.6 is 0 Å². The van der Waals surface area contributed by atoms with Gasteiger partial charge in [-0.15, -0.1) is 0 Å². The first kappa shape index (κ1) is 15.1. The van der Waals surface area contributed by atoms with Crippen LogP contribution in [-0.4, -0.2) is 16.9 Å².